The van der Waals surface area contributed by atoms with Gasteiger partial charge in [0.2, 0.25) is 10.0 Å². The van der Waals surface area contributed by atoms with E-state index in [9.17, 15) is 21.6 Å². The average molecular weight is 372 g/mol. The van der Waals surface area contributed by atoms with Gasteiger partial charge >= 0.3 is 6.18 Å². The summed E-state index contributed by atoms with van der Waals surface area (Å²) in [6.07, 6.45) is -3.30. The van der Waals surface area contributed by atoms with Gasteiger partial charge in [0.15, 0.2) is 0 Å². The fourth-order valence-electron chi connectivity index (χ4n) is 2.32. The molecule has 1 unspecified atom stereocenters. The standard InChI is InChI=1S/C17H19F3N2O2S/c1-11-4-9-15(10-16(11)22-25(3,23)24)21-12(2)13-5-7-14(8-6-13)17(18,19)20/h4-10,12,21-22H,1-3H3. The number of alkyl halides is 3. The molecule has 4 nitrogen and oxygen atoms in total. The Balaban J connectivity index is 2.17. The van der Waals surface area contributed by atoms with E-state index in [4.69, 9.17) is 0 Å². The zero-order valence-electron chi connectivity index (χ0n) is 14.0. The highest BCUT2D eigenvalue weighted by atomic mass is 32.2. The molecular weight excluding hydrogens is 353 g/mol. The summed E-state index contributed by atoms with van der Waals surface area (Å²) in [4.78, 5) is 0. The number of sulfonamides is 1. The van der Waals surface area contributed by atoms with E-state index in [-0.39, 0.29) is 6.04 Å². The normalized spacial score (nSPS) is 13.4. The third kappa shape index (κ3) is 5.38. The molecule has 1 atom stereocenters. The van der Waals surface area contributed by atoms with Gasteiger partial charge in [-0.1, -0.05) is 18.2 Å². The number of anilines is 2. The lowest BCUT2D eigenvalue weighted by Crippen LogP contribution is -2.12. The molecule has 0 fully saturated rings. The minimum Gasteiger partial charge on any atom is -0.378 e. The highest BCUT2D eigenvalue weighted by molar-refractivity contribution is 7.92. The predicted molar refractivity (Wildman–Crippen MR) is 93.1 cm³/mol. The fraction of sp³-hybridized carbons (Fsp3) is 0.294. The zero-order valence-corrected chi connectivity index (χ0v) is 14.8. The Morgan fingerprint density at radius 1 is 1.04 bits per heavy atom. The maximum absolute atomic E-state index is 12.6. The Morgan fingerprint density at radius 2 is 1.64 bits per heavy atom. The van der Waals surface area contributed by atoms with Crippen LogP contribution in [-0.2, 0) is 16.2 Å². The summed E-state index contributed by atoms with van der Waals surface area (Å²) in [6.45, 7) is 3.59. The van der Waals surface area contributed by atoms with Crippen LogP contribution in [0.15, 0.2) is 42.5 Å². The van der Waals surface area contributed by atoms with Gasteiger partial charge < -0.3 is 5.32 Å². The summed E-state index contributed by atoms with van der Waals surface area (Å²) in [5.41, 5.74) is 1.86. The van der Waals surface area contributed by atoms with Crippen LogP contribution in [0.4, 0.5) is 24.5 Å². The number of hydrogen-bond acceptors (Lipinski definition) is 3. The summed E-state index contributed by atoms with van der Waals surface area (Å²) in [6, 6.07) is 9.86. The minimum absolute atomic E-state index is 0.254. The molecule has 0 aromatic heterocycles. The van der Waals surface area contributed by atoms with Gasteiger partial charge in [0.25, 0.3) is 0 Å². The molecule has 2 rings (SSSR count). The second-order valence-electron chi connectivity index (χ2n) is 5.89. The van der Waals surface area contributed by atoms with Gasteiger partial charge in [0.05, 0.1) is 17.5 Å². The summed E-state index contributed by atoms with van der Waals surface area (Å²) in [7, 11) is -3.40. The number of halogens is 3. The molecule has 2 aromatic carbocycles. The minimum atomic E-state index is -4.36. The third-order valence-corrected chi connectivity index (χ3v) is 4.24. The SMILES string of the molecule is Cc1ccc(NC(C)c2ccc(C(F)(F)F)cc2)cc1NS(C)(=O)=O. The maximum Gasteiger partial charge on any atom is 0.416 e. The first-order valence-corrected chi connectivity index (χ1v) is 9.37. The predicted octanol–water partition coefficient (Wildman–Crippen LogP) is 4.56. The van der Waals surface area contributed by atoms with Crippen LogP contribution in [0, 0.1) is 6.92 Å². The van der Waals surface area contributed by atoms with Crippen molar-refractivity contribution in [2.24, 2.45) is 0 Å². The van der Waals surface area contributed by atoms with Crippen LogP contribution in [-0.4, -0.2) is 14.7 Å². The topological polar surface area (TPSA) is 58.2 Å². The molecule has 0 amide bonds. The quantitative estimate of drug-likeness (QED) is 0.809. The molecular formula is C17H19F3N2O2S. The number of nitrogens with one attached hydrogen (secondary N) is 2. The van der Waals surface area contributed by atoms with E-state index in [2.05, 4.69) is 10.0 Å². The van der Waals surface area contributed by atoms with Gasteiger partial charge in [-0.3, -0.25) is 4.72 Å². The van der Waals surface area contributed by atoms with Crippen molar-refractivity contribution in [2.45, 2.75) is 26.1 Å². The van der Waals surface area contributed by atoms with Crippen molar-refractivity contribution in [3.63, 3.8) is 0 Å². The molecule has 2 aromatic rings. The zero-order chi connectivity index (χ0) is 18.8. The van der Waals surface area contributed by atoms with Crippen molar-refractivity contribution in [1.82, 2.24) is 0 Å². The van der Waals surface area contributed by atoms with Crippen LogP contribution in [0.3, 0.4) is 0 Å². The van der Waals surface area contributed by atoms with E-state index in [1.807, 2.05) is 6.92 Å². The van der Waals surface area contributed by atoms with Gasteiger partial charge in [-0.2, -0.15) is 13.2 Å². The van der Waals surface area contributed by atoms with Crippen LogP contribution < -0.4 is 10.0 Å². The number of hydrogen-bond donors (Lipinski definition) is 2. The largest absolute Gasteiger partial charge is 0.416 e. The molecule has 0 radical (unpaired) electrons. The lowest BCUT2D eigenvalue weighted by atomic mass is 10.1. The van der Waals surface area contributed by atoms with Crippen LogP contribution >= 0.6 is 0 Å². The molecule has 0 saturated carbocycles. The van der Waals surface area contributed by atoms with Crippen molar-refractivity contribution in [3.8, 4) is 0 Å². The fourth-order valence-corrected chi connectivity index (χ4v) is 2.93. The van der Waals surface area contributed by atoms with Gasteiger partial charge in [0.1, 0.15) is 0 Å². The Morgan fingerprint density at radius 3 is 2.16 bits per heavy atom. The van der Waals surface area contributed by atoms with Crippen molar-refractivity contribution < 1.29 is 21.6 Å². The van der Waals surface area contributed by atoms with Crippen molar-refractivity contribution in [1.29, 1.82) is 0 Å². The Hall–Kier alpha value is -2.22. The Labute approximate surface area is 145 Å². The first-order valence-electron chi connectivity index (χ1n) is 7.48. The summed E-state index contributed by atoms with van der Waals surface area (Å²) in [5, 5.41) is 3.15. The number of benzene rings is 2. The molecule has 0 aliphatic heterocycles. The third-order valence-electron chi connectivity index (χ3n) is 3.65. The molecule has 25 heavy (non-hydrogen) atoms. The lowest BCUT2D eigenvalue weighted by Gasteiger charge is -2.18. The summed E-state index contributed by atoms with van der Waals surface area (Å²) in [5.74, 6) is 0. The van der Waals surface area contributed by atoms with Gasteiger partial charge in [-0.15, -0.1) is 0 Å². The molecule has 0 bridgehead atoms. The molecule has 8 heteroatoms. The van der Waals surface area contributed by atoms with E-state index in [1.54, 1.807) is 25.1 Å². The first kappa shape index (κ1) is 19.1. The van der Waals surface area contributed by atoms with Crippen LogP contribution in [0.5, 0.6) is 0 Å². The maximum atomic E-state index is 12.6. The van der Waals surface area contributed by atoms with Gasteiger partial charge in [0, 0.05) is 11.7 Å². The van der Waals surface area contributed by atoms with Crippen LogP contribution in [0.2, 0.25) is 0 Å². The average Bonchev–Trinajstić information content (AvgIpc) is 2.48. The number of aryl methyl sites for hydroxylation is 1. The lowest BCUT2D eigenvalue weighted by molar-refractivity contribution is -0.137. The second-order valence-corrected chi connectivity index (χ2v) is 7.64. The van der Waals surface area contributed by atoms with E-state index in [0.29, 0.717) is 16.9 Å². The molecule has 0 spiro atoms. The van der Waals surface area contributed by atoms with E-state index < -0.39 is 21.8 Å². The first-order chi connectivity index (χ1) is 11.5. The summed E-state index contributed by atoms with van der Waals surface area (Å²) < 4.78 is 63.1. The number of rotatable bonds is 5. The highest BCUT2D eigenvalue weighted by Gasteiger charge is 2.30. The molecule has 0 saturated heterocycles. The second kappa shape index (κ2) is 6.95. The van der Waals surface area contributed by atoms with Gasteiger partial charge in [-0.05, 0) is 49.2 Å². The highest BCUT2D eigenvalue weighted by Crippen LogP contribution is 2.31. The van der Waals surface area contributed by atoms with E-state index in [0.717, 1.165) is 24.0 Å². The molecule has 0 aliphatic carbocycles. The van der Waals surface area contributed by atoms with E-state index in [1.165, 1.54) is 12.1 Å². The molecule has 0 heterocycles. The van der Waals surface area contributed by atoms with Crippen molar-refractivity contribution >= 4 is 21.4 Å². The van der Waals surface area contributed by atoms with Crippen LogP contribution in [0.25, 0.3) is 0 Å². The summed E-state index contributed by atoms with van der Waals surface area (Å²) >= 11 is 0. The van der Waals surface area contributed by atoms with Crippen LogP contribution in [0.1, 0.15) is 29.7 Å². The Kier molecular flexibility index (Phi) is 5.31. The molecule has 2 N–H and O–H groups in total. The smallest absolute Gasteiger partial charge is 0.378 e. The monoisotopic (exact) mass is 372 g/mol. The molecule has 0 aliphatic rings. The van der Waals surface area contributed by atoms with Gasteiger partial charge in [-0.25, -0.2) is 8.42 Å². The molecule has 136 valence electrons. The van der Waals surface area contributed by atoms with Crippen molar-refractivity contribution in [3.05, 3.63) is 59.2 Å². The van der Waals surface area contributed by atoms with Crippen molar-refractivity contribution in [2.75, 3.05) is 16.3 Å². The van der Waals surface area contributed by atoms with E-state index >= 15 is 0 Å². The Bertz CT molecular complexity index is 847.